The van der Waals surface area contributed by atoms with E-state index in [1.54, 1.807) is 17.5 Å². The second-order valence-corrected chi connectivity index (χ2v) is 8.47. The number of hydrogen-bond donors (Lipinski definition) is 1. The summed E-state index contributed by atoms with van der Waals surface area (Å²) >= 11 is 9.67. The summed E-state index contributed by atoms with van der Waals surface area (Å²) in [6, 6.07) is 12.2. The molecule has 1 saturated carbocycles. The molecule has 1 aromatic carbocycles. The molecule has 0 saturated heterocycles. The van der Waals surface area contributed by atoms with Crippen molar-refractivity contribution in [3.63, 3.8) is 0 Å². The highest BCUT2D eigenvalue weighted by Gasteiger charge is 2.45. The summed E-state index contributed by atoms with van der Waals surface area (Å²) in [5.41, 5.74) is 4.74. The van der Waals surface area contributed by atoms with E-state index in [0.29, 0.717) is 0 Å². The Morgan fingerprint density at radius 2 is 2.08 bits per heavy atom. The summed E-state index contributed by atoms with van der Waals surface area (Å²) in [5.74, 6) is 0. The Labute approximate surface area is 166 Å². The Morgan fingerprint density at radius 1 is 1.23 bits per heavy atom. The van der Waals surface area contributed by atoms with Gasteiger partial charge in [-0.05, 0) is 65.7 Å². The molecule has 0 bridgehead atoms. The molecule has 4 rings (SSSR count). The highest BCUT2D eigenvalue weighted by atomic mass is 35.5. The van der Waals surface area contributed by atoms with Crippen molar-refractivity contribution in [1.29, 1.82) is 0 Å². The number of nitrogens with zero attached hydrogens (tertiary/aromatic N) is 1. The van der Waals surface area contributed by atoms with E-state index >= 15 is 0 Å². The topological polar surface area (TPSA) is 24.9 Å². The van der Waals surface area contributed by atoms with Crippen molar-refractivity contribution in [3.8, 4) is 21.6 Å². The molecular formula is C20H18ClFN2S2. The van der Waals surface area contributed by atoms with Crippen LogP contribution in [0.4, 0.5) is 10.1 Å². The van der Waals surface area contributed by atoms with Gasteiger partial charge in [-0.1, -0.05) is 23.5 Å². The number of alkyl halides is 1. The molecule has 0 atom stereocenters. The molecule has 0 radical (unpaired) electrons. The number of rotatable bonds is 6. The van der Waals surface area contributed by atoms with Crippen LogP contribution in [0.2, 0.25) is 5.02 Å². The van der Waals surface area contributed by atoms with Crippen LogP contribution in [0.3, 0.4) is 0 Å². The van der Waals surface area contributed by atoms with Crippen molar-refractivity contribution in [2.75, 3.05) is 17.7 Å². The van der Waals surface area contributed by atoms with Crippen molar-refractivity contribution in [2.45, 2.75) is 18.3 Å². The molecule has 2 heterocycles. The van der Waals surface area contributed by atoms with E-state index in [-0.39, 0.29) is 12.1 Å². The zero-order chi connectivity index (χ0) is 18.1. The first-order chi connectivity index (χ1) is 12.6. The third kappa shape index (κ3) is 3.36. The number of hydrogen-bond acceptors (Lipinski definition) is 4. The van der Waals surface area contributed by atoms with Crippen molar-refractivity contribution in [1.82, 2.24) is 4.98 Å². The highest BCUT2D eigenvalue weighted by Crippen LogP contribution is 2.48. The van der Waals surface area contributed by atoms with Gasteiger partial charge in [0.1, 0.15) is 6.67 Å². The highest BCUT2D eigenvalue weighted by molar-refractivity contribution is 7.99. The van der Waals surface area contributed by atoms with E-state index in [1.165, 1.54) is 11.9 Å². The maximum atomic E-state index is 13.4. The Balaban J connectivity index is 1.64. The van der Waals surface area contributed by atoms with Gasteiger partial charge < -0.3 is 4.72 Å². The molecule has 0 aliphatic heterocycles. The van der Waals surface area contributed by atoms with Gasteiger partial charge in [0.05, 0.1) is 5.02 Å². The van der Waals surface area contributed by atoms with E-state index in [9.17, 15) is 4.39 Å². The molecule has 3 aromatic rings. The third-order valence-electron chi connectivity index (χ3n) is 4.80. The standard InChI is InChI=1S/C20H18ClFN2S2/c1-25-24-15-2-3-16(17(21)10-15)18-8-14(11-26-18)13-4-7-23-19(9-13)20(12-22)5-6-20/h2-4,7-11,24H,5-6,12H2,1H3. The zero-order valence-electron chi connectivity index (χ0n) is 14.3. The summed E-state index contributed by atoms with van der Waals surface area (Å²) in [7, 11) is 0. The second kappa shape index (κ2) is 7.22. The Bertz CT molecular complexity index is 937. The van der Waals surface area contributed by atoms with Crippen LogP contribution in [0.1, 0.15) is 18.5 Å². The van der Waals surface area contributed by atoms with Crippen LogP contribution >= 0.6 is 34.9 Å². The van der Waals surface area contributed by atoms with Crippen molar-refractivity contribution < 1.29 is 4.39 Å². The van der Waals surface area contributed by atoms with Crippen molar-refractivity contribution >= 4 is 40.6 Å². The maximum absolute atomic E-state index is 13.4. The molecule has 6 heteroatoms. The first-order valence-corrected chi connectivity index (χ1v) is 10.8. The SMILES string of the molecule is CSNc1ccc(-c2cc(-c3ccnc(C4(CF)CC4)c3)cs2)c(Cl)c1. The van der Waals surface area contributed by atoms with Crippen LogP contribution in [0.15, 0.2) is 48.0 Å². The molecule has 0 unspecified atom stereocenters. The van der Waals surface area contributed by atoms with E-state index in [0.717, 1.165) is 50.8 Å². The van der Waals surface area contributed by atoms with Gasteiger partial charge in [-0.2, -0.15) is 0 Å². The van der Waals surface area contributed by atoms with Crippen LogP contribution in [0.5, 0.6) is 0 Å². The van der Waals surface area contributed by atoms with E-state index < -0.39 is 0 Å². The molecular weight excluding hydrogens is 387 g/mol. The molecule has 2 aromatic heterocycles. The first kappa shape index (κ1) is 17.8. The number of aromatic nitrogens is 1. The van der Waals surface area contributed by atoms with Gasteiger partial charge in [0.2, 0.25) is 0 Å². The fourth-order valence-corrected chi connectivity index (χ4v) is 4.69. The Kier molecular flexibility index (Phi) is 4.95. The summed E-state index contributed by atoms with van der Waals surface area (Å²) in [6.45, 7) is -0.329. The molecule has 1 fully saturated rings. The molecule has 26 heavy (non-hydrogen) atoms. The minimum absolute atomic E-state index is 0.329. The number of pyridine rings is 1. The molecule has 1 N–H and O–H groups in total. The van der Waals surface area contributed by atoms with Crippen LogP contribution < -0.4 is 4.72 Å². The zero-order valence-corrected chi connectivity index (χ0v) is 16.6. The van der Waals surface area contributed by atoms with Gasteiger partial charge in [0.15, 0.2) is 0 Å². The summed E-state index contributed by atoms with van der Waals surface area (Å²) < 4.78 is 16.5. The molecule has 1 aliphatic carbocycles. The predicted octanol–water partition coefficient (Wildman–Crippen LogP) is 6.82. The van der Waals surface area contributed by atoms with E-state index in [2.05, 4.69) is 21.2 Å². The number of benzene rings is 1. The Morgan fingerprint density at radius 3 is 2.77 bits per heavy atom. The Hall–Kier alpha value is -1.56. The van der Waals surface area contributed by atoms with Crippen molar-refractivity contribution in [3.05, 3.63) is 58.7 Å². The summed E-state index contributed by atoms with van der Waals surface area (Å²) in [6.07, 6.45) is 5.54. The second-order valence-electron chi connectivity index (χ2n) is 6.54. The number of thiophene rings is 1. The van der Waals surface area contributed by atoms with Crippen LogP contribution in [-0.4, -0.2) is 17.9 Å². The van der Waals surface area contributed by atoms with E-state index in [4.69, 9.17) is 11.6 Å². The van der Waals surface area contributed by atoms with Crippen molar-refractivity contribution in [2.24, 2.45) is 0 Å². The van der Waals surface area contributed by atoms with Gasteiger partial charge in [0, 0.05) is 39.7 Å². The van der Waals surface area contributed by atoms with Gasteiger partial charge in [0.25, 0.3) is 0 Å². The van der Waals surface area contributed by atoms with Crippen LogP contribution in [0, 0.1) is 0 Å². The predicted molar refractivity (Wildman–Crippen MR) is 112 cm³/mol. The molecule has 134 valence electrons. The number of nitrogens with one attached hydrogen (secondary N) is 1. The third-order valence-corrected chi connectivity index (χ3v) is 6.52. The minimum Gasteiger partial charge on any atom is -0.330 e. The van der Waals surface area contributed by atoms with Crippen LogP contribution in [0.25, 0.3) is 21.6 Å². The first-order valence-electron chi connectivity index (χ1n) is 8.35. The number of halogens is 2. The lowest BCUT2D eigenvalue weighted by Gasteiger charge is -2.10. The average Bonchev–Trinajstić information content (AvgIpc) is 3.32. The maximum Gasteiger partial charge on any atom is 0.101 e. The lowest BCUT2D eigenvalue weighted by atomic mass is 10.00. The minimum atomic E-state index is -0.335. The van der Waals surface area contributed by atoms with Crippen LogP contribution in [-0.2, 0) is 5.41 Å². The normalized spacial score (nSPS) is 15.0. The van der Waals surface area contributed by atoms with Gasteiger partial charge in [-0.25, -0.2) is 0 Å². The summed E-state index contributed by atoms with van der Waals surface area (Å²) in [4.78, 5) is 5.53. The molecule has 2 nitrogen and oxygen atoms in total. The van der Waals surface area contributed by atoms with E-state index in [1.807, 2.05) is 36.6 Å². The average molecular weight is 405 g/mol. The fourth-order valence-electron chi connectivity index (χ4n) is 3.03. The molecule has 0 spiro atoms. The lowest BCUT2D eigenvalue weighted by Crippen LogP contribution is -2.10. The van der Waals surface area contributed by atoms with Gasteiger partial charge in [-0.15, -0.1) is 11.3 Å². The largest absolute Gasteiger partial charge is 0.330 e. The quantitative estimate of drug-likeness (QED) is 0.456. The smallest absolute Gasteiger partial charge is 0.101 e. The monoisotopic (exact) mass is 404 g/mol. The lowest BCUT2D eigenvalue weighted by molar-refractivity contribution is 0.412. The van der Waals surface area contributed by atoms with Gasteiger partial charge in [-0.3, -0.25) is 9.37 Å². The molecule has 1 aliphatic rings. The number of anilines is 1. The summed E-state index contributed by atoms with van der Waals surface area (Å²) in [5, 5.41) is 2.84. The molecule has 0 amide bonds. The van der Waals surface area contributed by atoms with Gasteiger partial charge >= 0.3 is 0 Å². The fraction of sp³-hybridized carbons (Fsp3) is 0.250.